The Morgan fingerprint density at radius 2 is 1.62 bits per heavy atom. The Morgan fingerprint density at radius 3 is 2.33 bits per heavy atom. The summed E-state index contributed by atoms with van der Waals surface area (Å²) < 4.78 is 0. The van der Waals surface area contributed by atoms with Crippen molar-refractivity contribution >= 4 is 17.5 Å². The van der Waals surface area contributed by atoms with Crippen molar-refractivity contribution in [3.8, 4) is 0 Å². The van der Waals surface area contributed by atoms with E-state index in [9.17, 15) is 9.59 Å². The number of rotatable bonds is 9. The molecule has 0 aromatic heterocycles. The topological polar surface area (TPSA) is 61.8 Å². The molecular formula is C35H39N3O2. The number of aryl methyl sites for hydroxylation is 1. The normalized spacial score (nSPS) is 16.3. The molecule has 1 unspecified atom stereocenters. The fourth-order valence-corrected chi connectivity index (χ4v) is 4.84. The molecule has 1 fully saturated rings. The second-order valence-electron chi connectivity index (χ2n) is 10.4. The zero-order valence-corrected chi connectivity index (χ0v) is 23.8. The van der Waals surface area contributed by atoms with E-state index >= 15 is 0 Å². The minimum Gasteiger partial charge on any atom is -0.356 e. The molecule has 5 nitrogen and oxygen atoms in total. The van der Waals surface area contributed by atoms with Gasteiger partial charge in [0.05, 0.1) is 5.92 Å². The van der Waals surface area contributed by atoms with Gasteiger partial charge in [-0.05, 0) is 57.2 Å². The van der Waals surface area contributed by atoms with Crippen LogP contribution >= 0.6 is 0 Å². The van der Waals surface area contributed by atoms with Crippen LogP contribution in [0.4, 0.5) is 0 Å². The number of amides is 1. The smallest absolute Gasteiger partial charge is 0.225 e. The average molecular weight is 534 g/mol. The van der Waals surface area contributed by atoms with E-state index in [0.717, 1.165) is 48.5 Å². The van der Waals surface area contributed by atoms with Crippen molar-refractivity contribution in [1.29, 1.82) is 0 Å². The lowest BCUT2D eigenvalue weighted by Gasteiger charge is -2.33. The second-order valence-corrected chi connectivity index (χ2v) is 10.4. The molecule has 40 heavy (non-hydrogen) atoms. The van der Waals surface area contributed by atoms with Gasteiger partial charge in [0.1, 0.15) is 5.84 Å². The number of benzene rings is 3. The number of nitrogens with zero attached hydrogens (tertiary/aromatic N) is 2. The van der Waals surface area contributed by atoms with E-state index in [4.69, 9.17) is 4.99 Å². The second kappa shape index (κ2) is 14.2. The molecule has 1 saturated heterocycles. The van der Waals surface area contributed by atoms with Crippen LogP contribution in [0.1, 0.15) is 59.3 Å². The number of carbonyl (C=O) groups excluding carboxylic acids is 2. The van der Waals surface area contributed by atoms with Gasteiger partial charge in [0.25, 0.3) is 0 Å². The van der Waals surface area contributed by atoms with Crippen LogP contribution in [0.5, 0.6) is 0 Å². The molecule has 5 heteroatoms. The highest BCUT2D eigenvalue weighted by Crippen LogP contribution is 2.19. The maximum Gasteiger partial charge on any atom is 0.225 e. The van der Waals surface area contributed by atoms with E-state index in [0.29, 0.717) is 24.2 Å². The molecular weight excluding hydrogens is 494 g/mol. The van der Waals surface area contributed by atoms with E-state index in [1.54, 1.807) is 0 Å². The molecule has 0 aliphatic carbocycles. The lowest BCUT2D eigenvalue weighted by Crippen LogP contribution is -2.45. The van der Waals surface area contributed by atoms with Crippen molar-refractivity contribution in [2.24, 2.45) is 10.9 Å². The molecule has 0 spiro atoms. The van der Waals surface area contributed by atoms with Crippen LogP contribution in [-0.2, 0) is 17.8 Å². The van der Waals surface area contributed by atoms with Gasteiger partial charge in [0.2, 0.25) is 5.91 Å². The zero-order chi connectivity index (χ0) is 28.3. The molecule has 1 N–H and O–H groups in total. The lowest BCUT2D eigenvalue weighted by molar-refractivity contribution is -0.126. The average Bonchev–Trinajstić information content (AvgIpc) is 3.00. The molecule has 206 valence electrons. The van der Waals surface area contributed by atoms with Gasteiger partial charge in [0, 0.05) is 36.5 Å². The van der Waals surface area contributed by atoms with Crippen molar-refractivity contribution < 1.29 is 9.59 Å². The summed E-state index contributed by atoms with van der Waals surface area (Å²) in [6.07, 6.45) is 8.69. The predicted octanol–water partition coefficient (Wildman–Crippen LogP) is 6.68. The highest BCUT2D eigenvalue weighted by molar-refractivity contribution is 6.08. The summed E-state index contributed by atoms with van der Waals surface area (Å²) >= 11 is 0. The lowest BCUT2D eigenvalue weighted by atomic mass is 9.96. The monoisotopic (exact) mass is 533 g/mol. The summed E-state index contributed by atoms with van der Waals surface area (Å²) in [7, 11) is 0. The molecule has 4 rings (SSSR count). The highest BCUT2D eigenvalue weighted by Gasteiger charge is 2.26. The number of ketones is 1. The van der Waals surface area contributed by atoms with Crippen molar-refractivity contribution in [2.45, 2.75) is 46.6 Å². The third-order valence-corrected chi connectivity index (χ3v) is 7.20. The molecule has 1 atom stereocenters. The summed E-state index contributed by atoms with van der Waals surface area (Å²) in [5, 5.41) is 3.12. The minimum absolute atomic E-state index is 0.0307. The van der Waals surface area contributed by atoms with E-state index in [2.05, 4.69) is 47.5 Å². The SMILES string of the molecule is C\C=C/C(=N\C(C)=C/Cc1ccc(C(=O)c2ccccc2)cc1)N1CCCC(C(=O)NCc2ccc(C)cc2)C1. The Morgan fingerprint density at radius 1 is 0.950 bits per heavy atom. The third-order valence-electron chi connectivity index (χ3n) is 7.20. The van der Waals surface area contributed by atoms with E-state index < -0.39 is 0 Å². The first-order valence-corrected chi connectivity index (χ1v) is 14.1. The maximum absolute atomic E-state index is 13.0. The number of amidine groups is 1. The van der Waals surface area contributed by atoms with Gasteiger partial charge in [0.15, 0.2) is 5.78 Å². The van der Waals surface area contributed by atoms with Crippen LogP contribution in [0.2, 0.25) is 0 Å². The van der Waals surface area contributed by atoms with E-state index in [1.165, 1.54) is 5.56 Å². The van der Waals surface area contributed by atoms with Crippen molar-refractivity contribution in [3.05, 3.63) is 131 Å². The number of allylic oxidation sites excluding steroid dienone is 3. The molecule has 0 radical (unpaired) electrons. The number of piperidine rings is 1. The fraction of sp³-hybridized carbons (Fsp3) is 0.286. The van der Waals surface area contributed by atoms with Crippen molar-refractivity contribution in [3.63, 3.8) is 0 Å². The predicted molar refractivity (Wildman–Crippen MR) is 163 cm³/mol. The van der Waals surface area contributed by atoms with Crippen LogP contribution in [0.15, 0.2) is 108 Å². The molecule has 1 aliphatic heterocycles. The Kier molecular flexibility index (Phi) is 10.2. The molecule has 1 amide bonds. The van der Waals surface area contributed by atoms with Crippen molar-refractivity contribution in [2.75, 3.05) is 13.1 Å². The quantitative estimate of drug-likeness (QED) is 0.190. The Balaban J connectivity index is 1.36. The molecule has 0 bridgehead atoms. The van der Waals surface area contributed by atoms with Gasteiger partial charge in [-0.25, -0.2) is 4.99 Å². The first-order chi connectivity index (χ1) is 19.4. The number of aliphatic imine (C=N–C) groups is 1. The molecule has 1 aliphatic rings. The number of hydrogen-bond donors (Lipinski definition) is 1. The minimum atomic E-state index is -0.0592. The van der Waals surface area contributed by atoms with Crippen LogP contribution in [0, 0.1) is 12.8 Å². The number of hydrogen-bond acceptors (Lipinski definition) is 3. The van der Waals surface area contributed by atoms with Gasteiger partial charge in [-0.3, -0.25) is 9.59 Å². The Labute approximate surface area is 238 Å². The van der Waals surface area contributed by atoms with Crippen LogP contribution in [-0.4, -0.2) is 35.5 Å². The highest BCUT2D eigenvalue weighted by atomic mass is 16.2. The van der Waals surface area contributed by atoms with Gasteiger partial charge in [-0.1, -0.05) is 96.6 Å². The van der Waals surface area contributed by atoms with E-state index in [-0.39, 0.29) is 17.6 Å². The standard InChI is InChI=1S/C35H39N3O2/c1-4-9-33(38-23-8-12-32(25-38)35(40)36-24-29-16-13-26(2)14-17-29)37-27(3)15-18-28-19-21-31(22-20-28)34(39)30-10-6-5-7-11-30/h4-7,9-11,13-17,19-22,32H,8,12,18,23-25H2,1-3H3,(H,36,40)/b9-4-,27-15-,37-33+. The van der Waals surface area contributed by atoms with E-state index in [1.807, 2.05) is 80.6 Å². The van der Waals surface area contributed by atoms with Crippen LogP contribution in [0.25, 0.3) is 0 Å². The van der Waals surface area contributed by atoms with Gasteiger partial charge in [-0.15, -0.1) is 0 Å². The summed E-state index contributed by atoms with van der Waals surface area (Å²) in [5.74, 6) is 0.960. The Bertz CT molecular complexity index is 1370. The maximum atomic E-state index is 13.0. The first kappa shape index (κ1) is 28.8. The number of carbonyl (C=O) groups is 2. The molecule has 3 aromatic rings. The van der Waals surface area contributed by atoms with Crippen LogP contribution < -0.4 is 5.32 Å². The number of likely N-dealkylation sites (tertiary alicyclic amines) is 1. The Hall–Kier alpha value is -4.25. The van der Waals surface area contributed by atoms with Gasteiger partial charge >= 0.3 is 0 Å². The first-order valence-electron chi connectivity index (χ1n) is 14.1. The fourth-order valence-electron chi connectivity index (χ4n) is 4.84. The third kappa shape index (κ3) is 8.12. The number of nitrogens with one attached hydrogen (secondary N) is 1. The van der Waals surface area contributed by atoms with Gasteiger partial charge < -0.3 is 10.2 Å². The molecule has 1 heterocycles. The van der Waals surface area contributed by atoms with Gasteiger partial charge in [-0.2, -0.15) is 0 Å². The molecule has 3 aromatic carbocycles. The summed E-state index contributed by atoms with van der Waals surface area (Å²) in [6, 6.07) is 25.4. The zero-order valence-electron chi connectivity index (χ0n) is 23.8. The van der Waals surface area contributed by atoms with Crippen molar-refractivity contribution in [1.82, 2.24) is 10.2 Å². The summed E-state index contributed by atoms with van der Waals surface area (Å²) in [4.78, 5) is 32.8. The summed E-state index contributed by atoms with van der Waals surface area (Å²) in [5.41, 5.74) is 5.75. The largest absolute Gasteiger partial charge is 0.356 e. The summed E-state index contributed by atoms with van der Waals surface area (Å²) in [6.45, 7) is 8.15. The molecule has 0 saturated carbocycles. The van der Waals surface area contributed by atoms with Crippen LogP contribution in [0.3, 0.4) is 0 Å².